The van der Waals surface area contributed by atoms with Crippen molar-refractivity contribution in [1.82, 2.24) is 0 Å². The molecule has 0 atom stereocenters. The molecule has 0 aromatic heterocycles. The van der Waals surface area contributed by atoms with Crippen LogP contribution in [0.3, 0.4) is 0 Å². The van der Waals surface area contributed by atoms with E-state index in [1.165, 1.54) is 32.9 Å². The van der Waals surface area contributed by atoms with E-state index >= 15 is 0 Å². The first kappa shape index (κ1) is 14.0. The van der Waals surface area contributed by atoms with Crippen molar-refractivity contribution in [3.8, 4) is 0 Å². The molecule has 0 aliphatic carbocycles. The highest BCUT2D eigenvalue weighted by molar-refractivity contribution is 6.36. The zero-order chi connectivity index (χ0) is 13.2. The first-order valence-electron chi connectivity index (χ1n) is 4.93. The first-order valence-corrected chi connectivity index (χ1v) is 5.69. The Morgan fingerprint density at radius 3 is 2.35 bits per heavy atom. The lowest BCUT2D eigenvalue weighted by atomic mass is 9.96. The van der Waals surface area contributed by atoms with Gasteiger partial charge < -0.3 is 4.74 Å². The van der Waals surface area contributed by atoms with Crippen LogP contribution in [0.5, 0.6) is 0 Å². The molecule has 0 amide bonds. The SMILES string of the molecule is CC(=O)OC(C)(C)C(=O)c1cc(Cl)ccc1Cl. The van der Waals surface area contributed by atoms with Crippen LogP contribution in [-0.2, 0) is 9.53 Å². The van der Waals surface area contributed by atoms with Gasteiger partial charge in [0.1, 0.15) is 0 Å². The average molecular weight is 275 g/mol. The molecule has 0 radical (unpaired) electrons. The van der Waals surface area contributed by atoms with Gasteiger partial charge in [0.15, 0.2) is 5.60 Å². The smallest absolute Gasteiger partial charge is 0.303 e. The molecule has 3 nitrogen and oxygen atoms in total. The molecule has 0 bridgehead atoms. The minimum absolute atomic E-state index is 0.241. The summed E-state index contributed by atoms with van der Waals surface area (Å²) in [5.41, 5.74) is -1.02. The fraction of sp³-hybridized carbons (Fsp3) is 0.333. The average Bonchev–Trinajstić information content (AvgIpc) is 2.18. The second-order valence-electron chi connectivity index (χ2n) is 4.06. The summed E-state index contributed by atoms with van der Waals surface area (Å²) in [6, 6.07) is 4.57. The quantitative estimate of drug-likeness (QED) is 0.626. The van der Waals surface area contributed by atoms with Gasteiger partial charge in [0.05, 0.1) is 5.02 Å². The Morgan fingerprint density at radius 1 is 1.24 bits per heavy atom. The van der Waals surface area contributed by atoms with E-state index < -0.39 is 11.6 Å². The van der Waals surface area contributed by atoms with Gasteiger partial charge in [-0.25, -0.2) is 0 Å². The molecule has 0 aliphatic rings. The van der Waals surface area contributed by atoms with Crippen LogP contribution < -0.4 is 0 Å². The van der Waals surface area contributed by atoms with Crippen LogP contribution in [0.25, 0.3) is 0 Å². The molecule has 92 valence electrons. The summed E-state index contributed by atoms with van der Waals surface area (Å²) < 4.78 is 4.96. The maximum absolute atomic E-state index is 12.2. The van der Waals surface area contributed by atoms with Gasteiger partial charge in [-0.05, 0) is 32.0 Å². The van der Waals surface area contributed by atoms with Gasteiger partial charge in [0.2, 0.25) is 5.78 Å². The number of benzene rings is 1. The van der Waals surface area contributed by atoms with Crippen molar-refractivity contribution >= 4 is 35.0 Å². The largest absolute Gasteiger partial charge is 0.451 e. The molecule has 0 aliphatic heterocycles. The molecule has 0 fully saturated rings. The molecule has 0 saturated carbocycles. The number of ether oxygens (including phenoxy) is 1. The molecule has 1 rings (SSSR count). The number of carbonyl (C=O) groups is 2. The third-order valence-corrected chi connectivity index (χ3v) is 2.68. The van der Waals surface area contributed by atoms with Crippen LogP contribution in [0.1, 0.15) is 31.1 Å². The number of Topliss-reactive ketones (excluding diaryl/α,β-unsaturated/α-hetero) is 1. The Balaban J connectivity index is 3.11. The molecule has 0 unspecified atom stereocenters. The van der Waals surface area contributed by atoms with Gasteiger partial charge in [-0.3, -0.25) is 9.59 Å². The number of hydrogen-bond donors (Lipinski definition) is 0. The van der Waals surface area contributed by atoms with E-state index in [1.807, 2.05) is 0 Å². The highest BCUT2D eigenvalue weighted by Gasteiger charge is 2.33. The molecule has 0 N–H and O–H groups in total. The van der Waals surface area contributed by atoms with Gasteiger partial charge >= 0.3 is 5.97 Å². The fourth-order valence-electron chi connectivity index (χ4n) is 1.40. The zero-order valence-corrected chi connectivity index (χ0v) is 11.2. The molecular weight excluding hydrogens is 263 g/mol. The van der Waals surface area contributed by atoms with Crippen molar-refractivity contribution in [2.24, 2.45) is 0 Å². The van der Waals surface area contributed by atoms with Crippen LogP contribution in [-0.4, -0.2) is 17.4 Å². The molecule has 0 saturated heterocycles. The highest BCUT2D eigenvalue weighted by atomic mass is 35.5. The minimum atomic E-state index is -1.26. The van der Waals surface area contributed by atoms with Gasteiger partial charge in [-0.2, -0.15) is 0 Å². The molecule has 17 heavy (non-hydrogen) atoms. The lowest BCUT2D eigenvalue weighted by Crippen LogP contribution is -2.36. The fourth-order valence-corrected chi connectivity index (χ4v) is 1.78. The lowest BCUT2D eigenvalue weighted by Gasteiger charge is -2.23. The van der Waals surface area contributed by atoms with E-state index in [4.69, 9.17) is 27.9 Å². The monoisotopic (exact) mass is 274 g/mol. The second-order valence-corrected chi connectivity index (χ2v) is 4.90. The van der Waals surface area contributed by atoms with Crippen molar-refractivity contribution in [3.05, 3.63) is 33.8 Å². The zero-order valence-electron chi connectivity index (χ0n) is 9.71. The Labute approximate surface area is 110 Å². The maximum atomic E-state index is 12.2. The third-order valence-electron chi connectivity index (χ3n) is 2.12. The van der Waals surface area contributed by atoms with E-state index in [9.17, 15) is 9.59 Å². The van der Waals surface area contributed by atoms with Gasteiger partial charge in [-0.15, -0.1) is 0 Å². The van der Waals surface area contributed by atoms with Crippen LogP contribution in [0.2, 0.25) is 10.0 Å². The normalized spacial score (nSPS) is 11.1. The molecular formula is C12H12Cl2O3. The maximum Gasteiger partial charge on any atom is 0.303 e. The van der Waals surface area contributed by atoms with Crippen LogP contribution in [0.15, 0.2) is 18.2 Å². The Kier molecular flexibility index (Phi) is 4.17. The number of carbonyl (C=O) groups excluding carboxylic acids is 2. The molecule has 1 aromatic rings. The second kappa shape index (κ2) is 5.07. The van der Waals surface area contributed by atoms with Crippen LogP contribution >= 0.6 is 23.2 Å². The van der Waals surface area contributed by atoms with E-state index in [0.717, 1.165) is 0 Å². The van der Waals surface area contributed by atoms with Crippen molar-refractivity contribution in [1.29, 1.82) is 0 Å². The summed E-state index contributed by atoms with van der Waals surface area (Å²) in [5.74, 6) is -0.915. The number of esters is 1. The topological polar surface area (TPSA) is 43.4 Å². The Morgan fingerprint density at radius 2 is 1.82 bits per heavy atom. The van der Waals surface area contributed by atoms with Gasteiger partial charge in [0, 0.05) is 17.5 Å². The van der Waals surface area contributed by atoms with E-state index in [1.54, 1.807) is 6.07 Å². The van der Waals surface area contributed by atoms with Crippen molar-refractivity contribution in [2.45, 2.75) is 26.4 Å². The first-order chi connectivity index (χ1) is 7.74. The molecule has 5 heteroatoms. The predicted octanol–water partition coefficient (Wildman–Crippen LogP) is 3.52. The van der Waals surface area contributed by atoms with Crippen molar-refractivity contribution < 1.29 is 14.3 Å². The van der Waals surface area contributed by atoms with Crippen molar-refractivity contribution in [3.63, 3.8) is 0 Å². The van der Waals surface area contributed by atoms with Crippen molar-refractivity contribution in [2.75, 3.05) is 0 Å². The van der Waals surface area contributed by atoms with Gasteiger partial charge in [0.25, 0.3) is 0 Å². The van der Waals surface area contributed by atoms with E-state index in [0.29, 0.717) is 5.02 Å². The minimum Gasteiger partial charge on any atom is -0.451 e. The predicted molar refractivity (Wildman–Crippen MR) is 66.6 cm³/mol. The summed E-state index contributed by atoms with van der Waals surface area (Å²) in [7, 11) is 0. The molecule has 0 spiro atoms. The lowest BCUT2D eigenvalue weighted by molar-refractivity contribution is -0.149. The molecule has 0 heterocycles. The van der Waals surface area contributed by atoms with E-state index in [2.05, 4.69) is 0 Å². The summed E-state index contributed by atoms with van der Waals surface area (Å²) in [6.45, 7) is 4.26. The Hall–Kier alpha value is -1.06. The third kappa shape index (κ3) is 3.45. The number of rotatable bonds is 3. The van der Waals surface area contributed by atoms with Gasteiger partial charge in [-0.1, -0.05) is 23.2 Å². The summed E-state index contributed by atoms with van der Waals surface area (Å²) in [5, 5.41) is 0.677. The molecule has 1 aromatic carbocycles. The summed E-state index contributed by atoms with van der Waals surface area (Å²) in [6.07, 6.45) is 0. The standard InChI is InChI=1S/C12H12Cl2O3/c1-7(15)17-12(2,3)11(16)9-6-8(13)4-5-10(9)14/h4-6H,1-3H3. The van der Waals surface area contributed by atoms with Crippen LogP contribution in [0.4, 0.5) is 0 Å². The highest BCUT2D eigenvalue weighted by Crippen LogP contribution is 2.26. The number of ketones is 1. The summed E-state index contributed by atoms with van der Waals surface area (Å²) >= 11 is 11.7. The Bertz CT molecular complexity index is 467. The number of hydrogen-bond acceptors (Lipinski definition) is 3. The summed E-state index contributed by atoms with van der Waals surface area (Å²) in [4.78, 5) is 23.1. The van der Waals surface area contributed by atoms with Crippen LogP contribution in [0, 0.1) is 0 Å². The van der Waals surface area contributed by atoms with E-state index in [-0.39, 0.29) is 16.4 Å². The number of halogens is 2.